The maximum absolute atomic E-state index is 15.0. The lowest BCUT2D eigenvalue weighted by molar-refractivity contribution is -0.128. The van der Waals surface area contributed by atoms with Crippen LogP contribution in [0.1, 0.15) is 55.1 Å². The first-order valence-electron chi connectivity index (χ1n) is 13.8. The van der Waals surface area contributed by atoms with Crippen molar-refractivity contribution in [3.8, 4) is 0 Å². The van der Waals surface area contributed by atoms with Gasteiger partial charge in [-0.2, -0.15) is 0 Å². The fourth-order valence-corrected chi connectivity index (χ4v) is 5.64. The van der Waals surface area contributed by atoms with Crippen molar-refractivity contribution >= 4 is 46.8 Å². The predicted octanol–water partition coefficient (Wildman–Crippen LogP) is 5.93. The molecule has 0 saturated carbocycles. The second-order valence-corrected chi connectivity index (χ2v) is 10.9. The van der Waals surface area contributed by atoms with Crippen LogP contribution in [0.3, 0.4) is 0 Å². The molecular weight excluding hydrogens is 562 g/mol. The Labute approximate surface area is 250 Å². The highest BCUT2D eigenvalue weighted by atomic mass is 35.5. The van der Waals surface area contributed by atoms with Gasteiger partial charge in [-0.25, -0.2) is 13.8 Å². The lowest BCUT2D eigenvalue weighted by Gasteiger charge is -2.42. The van der Waals surface area contributed by atoms with E-state index in [2.05, 4.69) is 16.6 Å². The summed E-state index contributed by atoms with van der Waals surface area (Å²) in [6.07, 6.45) is 7.91. The van der Waals surface area contributed by atoms with Gasteiger partial charge in [-0.05, 0) is 55.5 Å². The number of anilines is 2. The fraction of sp³-hybridized carbons (Fsp3) is 0.387. The molecule has 2 aromatic heterocycles. The second-order valence-electron chi connectivity index (χ2n) is 10.5. The third kappa shape index (κ3) is 5.99. The SMILES string of the molecule is C=CC(=O)N1CCN(C(=NC)c2cc(Cl)c(C3=CCCC=C3F)nc2N(C=O)c2c(C)ccnc2C(C)C)C(CF)C1. The molecule has 1 fully saturated rings. The molecule has 2 amide bonds. The van der Waals surface area contributed by atoms with Gasteiger partial charge in [0.15, 0.2) is 5.82 Å². The fourth-order valence-electron chi connectivity index (χ4n) is 5.39. The van der Waals surface area contributed by atoms with Crippen molar-refractivity contribution in [2.75, 3.05) is 38.3 Å². The summed E-state index contributed by atoms with van der Waals surface area (Å²) in [6, 6.07) is 2.67. The summed E-state index contributed by atoms with van der Waals surface area (Å²) in [7, 11) is 1.56. The van der Waals surface area contributed by atoms with Gasteiger partial charge in [0.25, 0.3) is 0 Å². The average molecular weight is 597 g/mol. The molecule has 1 aliphatic heterocycles. The first-order chi connectivity index (χ1) is 20.2. The summed E-state index contributed by atoms with van der Waals surface area (Å²) in [5.74, 6) is -0.270. The van der Waals surface area contributed by atoms with E-state index < -0.39 is 18.5 Å². The summed E-state index contributed by atoms with van der Waals surface area (Å²) < 4.78 is 29.5. The number of carbonyl (C=O) groups is 2. The van der Waals surface area contributed by atoms with Crippen LogP contribution in [0.5, 0.6) is 0 Å². The molecule has 1 saturated heterocycles. The number of carbonyl (C=O) groups excluding carboxylic acids is 2. The Morgan fingerprint density at radius 2 is 2.05 bits per heavy atom. The van der Waals surface area contributed by atoms with E-state index >= 15 is 4.39 Å². The molecule has 8 nitrogen and oxygen atoms in total. The zero-order chi connectivity index (χ0) is 30.6. The third-order valence-corrected chi connectivity index (χ3v) is 7.74. The van der Waals surface area contributed by atoms with E-state index in [1.54, 1.807) is 36.4 Å². The van der Waals surface area contributed by atoms with Crippen LogP contribution in [0, 0.1) is 6.92 Å². The Bertz CT molecular complexity index is 1470. The minimum absolute atomic E-state index is 0.0373. The highest BCUT2D eigenvalue weighted by Gasteiger charge is 2.34. The highest BCUT2D eigenvalue weighted by molar-refractivity contribution is 6.33. The molecule has 222 valence electrons. The summed E-state index contributed by atoms with van der Waals surface area (Å²) in [4.78, 5) is 43.8. The number of nitrogens with zero attached hydrogens (tertiary/aromatic N) is 6. The number of aromatic nitrogens is 2. The zero-order valence-electron chi connectivity index (χ0n) is 24.3. The van der Waals surface area contributed by atoms with E-state index in [-0.39, 0.29) is 47.0 Å². The van der Waals surface area contributed by atoms with E-state index in [1.807, 2.05) is 20.8 Å². The van der Waals surface area contributed by atoms with Crippen LogP contribution in [0.15, 0.2) is 54.0 Å². The molecule has 0 spiro atoms. The van der Waals surface area contributed by atoms with Crippen LogP contribution in [0.4, 0.5) is 20.3 Å². The van der Waals surface area contributed by atoms with Gasteiger partial charge in [-0.1, -0.05) is 38.1 Å². The van der Waals surface area contributed by atoms with Crippen LogP contribution in [0.25, 0.3) is 5.57 Å². The van der Waals surface area contributed by atoms with Gasteiger partial charge < -0.3 is 9.80 Å². The van der Waals surface area contributed by atoms with Crippen molar-refractivity contribution in [1.29, 1.82) is 0 Å². The monoisotopic (exact) mass is 596 g/mol. The van der Waals surface area contributed by atoms with E-state index in [4.69, 9.17) is 16.6 Å². The van der Waals surface area contributed by atoms with Crippen molar-refractivity contribution in [2.45, 2.75) is 45.6 Å². The van der Waals surface area contributed by atoms with Gasteiger partial charge in [0.1, 0.15) is 18.3 Å². The normalized spacial score (nSPS) is 17.6. The first kappa shape index (κ1) is 31.0. The molecule has 2 aromatic rings. The largest absolute Gasteiger partial charge is 0.347 e. The number of amides is 2. The molecular formula is C31H35ClF2N6O2. The molecule has 1 unspecified atom stereocenters. The first-order valence-corrected chi connectivity index (χ1v) is 14.2. The van der Waals surface area contributed by atoms with Gasteiger partial charge in [0.05, 0.1) is 33.7 Å². The predicted molar refractivity (Wildman–Crippen MR) is 163 cm³/mol. The quantitative estimate of drug-likeness (QED) is 0.163. The smallest absolute Gasteiger partial charge is 0.246 e. The van der Waals surface area contributed by atoms with Crippen molar-refractivity contribution < 1.29 is 18.4 Å². The number of aliphatic imine (C=N–C) groups is 1. The third-order valence-electron chi connectivity index (χ3n) is 7.45. The van der Waals surface area contributed by atoms with Crippen LogP contribution in [-0.2, 0) is 9.59 Å². The molecule has 3 heterocycles. The Morgan fingerprint density at radius 1 is 1.31 bits per heavy atom. The van der Waals surface area contributed by atoms with E-state index in [1.165, 1.54) is 22.0 Å². The maximum atomic E-state index is 15.0. The van der Waals surface area contributed by atoms with E-state index in [9.17, 15) is 14.0 Å². The standard InChI is InChI=1S/C31H35ClF2N6O2/c1-6-26(42)38-13-14-39(21(16-33)17-38)30(35-5)23-15-24(32)28(22-9-7-8-10-25(22)34)37-31(23)40(18-41)29-20(4)11-12-36-27(29)19(2)3/h6,9-12,15,18-19,21H,1,7-8,13-14,16-17H2,2-5H3. The number of hydrogen-bond donors (Lipinski definition) is 0. The molecule has 1 aliphatic carbocycles. The second kappa shape index (κ2) is 13.4. The minimum Gasteiger partial charge on any atom is -0.347 e. The molecule has 1 atom stereocenters. The summed E-state index contributed by atoms with van der Waals surface area (Å²) in [5.41, 5.74) is 2.77. The Balaban J connectivity index is 1.95. The number of piperazine rings is 1. The topological polar surface area (TPSA) is 82.0 Å². The molecule has 11 heteroatoms. The Kier molecular flexibility index (Phi) is 9.88. The van der Waals surface area contributed by atoms with Gasteiger partial charge in [-0.15, -0.1) is 0 Å². The number of amidine groups is 1. The molecule has 4 rings (SSSR count). The van der Waals surface area contributed by atoms with Crippen LogP contribution >= 0.6 is 11.6 Å². The number of allylic oxidation sites excluding steroid dienone is 4. The van der Waals surface area contributed by atoms with Crippen LogP contribution < -0.4 is 4.90 Å². The van der Waals surface area contributed by atoms with E-state index in [0.29, 0.717) is 48.6 Å². The molecule has 2 aliphatic rings. The summed E-state index contributed by atoms with van der Waals surface area (Å²) in [5, 5.41) is 0.154. The van der Waals surface area contributed by atoms with E-state index in [0.717, 1.165) is 5.56 Å². The molecule has 0 radical (unpaired) electrons. The van der Waals surface area contributed by atoms with Gasteiger partial charge in [0.2, 0.25) is 12.3 Å². The maximum Gasteiger partial charge on any atom is 0.246 e. The van der Waals surface area contributed by atoms with Crippen molar-refractivity contribution in [1.82, 2.24) is 19.8 Å². The van der Waals surface area contributed by atoms with Gasteiger partial charge in [0, 0.05) is 38.5 Å². The van der Waals surface area contributed by atoms with Gasteiger partial charge >= 0.3 is 0 Å². The molecule has 0 bridgehead atoms. The minimum atomic E-state index is -0.756. The Morgan fingerprint density at radius 3 is 2.67 bits per heavy atom. The molecule has 42 heavy (non-hydrogen) atoms. The molecule has 0 N–H and O–H groups in total. The number of halogens is 3. The van der Waals surface area contributed by atoms with Crippen molar-refractivity contribution in [2.24, 2.45) is 4.99 Å². The van der Waals surface area contributed by atoms with Crippen molar-refractivity contribution in [3.05, 3.63) is 76.5 Å². The van der Waals surface area contributed by atoms with Crippen molar-refractivity contribution in [3.63, 3.8) is 0 Å². The number of pyridine rings is 2. The van der Waals surface area contributed by atoms with Crippen LogP contribution in [-0.4, -0.2) is 77.3 Å². The lowest BCUT2D eigenvalue weighted by Crippen LogP contribution is -2.57. The van der Waals surface area contributed by atoms with Crippen LogP contribution in [0.2, 0.25) is 5.02 Å². The summed E-state index contributed by atoms with van der Waals surface area (Å²) in [6.45, 7) is 9.29. The number of alkyl halides is 1. The lowest BCUT2D eigenvalue weighted by atomic mass is 10.00. The average Bonchev–Trinajstić information content (AvgIpc) is 2.99. The number of hydrogen-bond acceptors (Lipinski definition) is 5. The Hall–Kier alpha value is -3.92. The number of aryl methyl sites for hydroxylation is 1. The zero-order valence-corrected chi connectivity index (χ0v) is 25.0. The summed E-state index contributed by atoms with van der Waals surface area (Å²) >= 11 is 6.77. The highest BCUT2D eigenvalue weighted by Crippen LogP contribution is 2.39. The molecule has 0 aromatic carbocycles. The number of rotatable bonds is 8. The van der Waals surface area contributed by atoms with Gasteiger partial charge in [-0.3, -0.25) is 24.5 Å².